The number of ether oxygens (including phenoxy) is 2. The summed E-state index contributed by atoms with van der Waals surface area (Å²) in [5.74, 6) is 0.0316. The lowest BCUT2D eigenvalue weighted by molar-refractivity contribution is 0.0979. The Hall–Kier alpha value is -1.13. The maximum Gasteiger partial charge on any atom is 0.165 e. The molecule has 0 aromatic heterocycles. The Kier molecular flexibility index (Phi) is 6.46. The molecule has 0 aliphatic carbocycles. The average Bonchev–Trinajstić information content (AvgIpc) is 2.98. The maximum absolute atomic E-state index is 13.9. The Morgan fingerprint density at radius 3 is 3.00 bits per heavy atom. The van der Waals surface area contributed by atoms with Crippen molar-refractivity contribution in [2.24, 2.45) is 5.73 Å². The van der Waals surface area contributed by atoms with E-state index >= 15 is 0 Å². The summed E-state index contributed by atoms with van der Waals surface area (Å²) in [5.41, 5.74) is 6.81. The molecule has 2 rings (SSSR count). The van der Waals surface area contributed by atoms with Crippen molar-refractivity contribution in [2.45, 2.75) is 57.6 Å². The fourth-order valence-electron chi connectivity index (χ4n) is 2.60. The van der Waals surface area contributed by atoms with Crippen LogP contribution in [0.25, 0.3) is 0 Å². The summed E-state index contributed by atoms with van der Waals surface area (Å²) in [6.07, 6.45) is 6.15. The van der Waals surface area contributed by atoms with Crippen molar-refractivity contribution < 1.29 is 13.9 Å². The van der Waals surface area contributed by atoms with Crippen LogP contribution in [0.5, 0.6) is 5.75 Å². The molecule has 0 amide bonds. The van der Waals surface area contributed by atoms with Crippen LogP contribution >= 0.6 is 0 Å². The Morgan fingerprint density at radius 2 is 2.33 bits per heavy atom. The van der Waals surface area contributed by atoms with Gasteiger partial charge >= 0.3 is 0 Å². The zero-order valence-electron chi connectivity index (χ0n) is 12.8. The third kappa shape index (κ3) is 5.29. The molecule has 0 spiro atoms. The molecule has 2 N–H and O–H groups in total. The SMILES string of the molecule is CCC(N)Cc1ccc(OCCCC2CCCO2)c(F)c1. The molecule has 3 nitrogen and oxygen atoms in total. The first-order valence-corrected chi connectivity index (χ1v) is 7.97. The van der Waals surface area contributed by atoms with Crippen LogP contribution < -0.4 is 10.5 Å². The van der Waals surface area contributed by atoms with Crippen LogP contribution in [0.15, 0.2) is 18.2 Å². The van der Waals surface area contributed by atoms with E-state index in [1.54, 1.807) is 6.07 Å². The van der Waals surface area contributed by atoms with Crippen molar-refractivity contribution in [3.63, 3.8) is 0 Å². The molecule has 0 bridgehead atoms. The third-order valence-corrected chi connectivity index (χ3v) is 3.97. The van der Waals surface area contributed by atoms with E-state index < -0.39 is 0 Å². The highest BCUT2D eigenvalue weighted by molar-refractivity contribution is 5.29. The summed E-state index contributed by atoms with van der Waals surface area (Å²) in [4.78, 5) is 0. The third-order valence-electron chi connectivity index (χ3n) is 3.97. The molecule has 1 heterocycles. The van der Waals surface area contributed by atoms with Gasteiger partial charge in [0.25, 0.3) is 0 Å². The van der Waals surface area contributed by atoms with Gasteiger partial charge in [0.15, 0.2) is 11.6 Å². The molecule has 1 aromatic rings. The number of halogens is 1. The van der Waals surface area contributed by atoms with Crippen molar-refractivity contribution in [1.82, 2.24) is 0 Å². The molecule has 118 valence electrons. The second kappa shape index (κ2) is 8.35. The molecule has 0 radical (unpaired) electrons. The van der Waals surface area contributed by atoms with Crippen LogP contribution in [0.1, 0.15) is 44.6 Å². The van der Waals surface area contributed by atoms with Gasteiger partial charge in [0.05, 0.1) is 12.7 Å². The Morgan fingerprint density at radius 1 is 1.48 bits per heavy atom. The highest BCUT2D eigenvalue weighted by Gasteiger charge is 2.15. The molecule has 1 aliphatic heterocycles. The van der Waals surface area contributed by atoms with Crippen LogP contribution in [0.2, 0.25) is 0 Å². The topological polar surface area (TPSA) is 44.5 Å². The van der Waals surface area contributed by atoms with Gasteiger partial charge in [0, 0.05) is 12.6 Å². The van der Waals surface area contributed by atoms with E-state index in [2.05, 4.69) is 0 Å². The van der Waals surface area contributed by atoms with E-state index in [1.165, 1.54) is 6.07 Å². The molecule has 1 fully saturated rings. The highest BCUT2D eigenvalue weighted by Crippen LogP contribution is 2.21. The van der Waals surface area contributed by atoms with Gasteiger partial charge in [-0.25, -0.2) is 4.39 Å². The summed E-state index contributed by atoms with van der Waals surface area (Å²) in [6.45, 7) is 3.44. The fraction of sp³-hybridized carbons (Fsp3) is 0.647. The lowest BCUT2D eigenvalue weighted by Gasteiger charge is -2.12. The normalized spacial score (nSPS) is 19.7. The van der Waals surface area contributed by atoms with Crippen LogP contribution in [0.4, 0.5) is 4.39 Å². The highest BCUT2D eigenvalue weighted by atomic mass is 19.1. The van der Waals surface area contributed by atoms with Gasteiger partial charge in [0.1, 0.15) is 0 Å². The van der Waals surface area contributed by atoms with E-state index in [-0.39, 0.29) is 11.9 Å². The van der Waals surface area contributed by atoms with Crippen LogP contribution in [-0.2, 0) is 11.2 Å². The summed E-state index contributed by atoms with van der Waals surface area (Å²) in [7, 11) is 0. The van der Waals surface area contributed by atoms with Crippen molar-refractivity contribution in [2.75, 3.05) is 13.2 Å². The van der Waals surface area contributed by atoms with Gasteiger partial charge < -0.3 is 15.2 Å². The van der Waals surface area contributed by atoms with E-state index in [4.69, 9.17) is 15.2 Å². The van der Waals surface area contributed by atoms with E-state index in [9.17, 15) is 4.39 Å². The molecular weight excluding hydrogens is 269 g/mol. The monoisotopic (exact) mass is 295 g/mol. The van der Waals surface area contributed by atoms with Crippen molar-refractivity contribution >= 4 is 0 Å². The molecule has 0 saturated carbocycles. The summed E-state index contributed by atoms with van der Waals surface area (Å²) >= 11 is 0. The van der Waals surface area contributed by atoms with Crippen LogP contribution in [0, 0.1) is 5.82 Å². The minimum atomic E-state index is -0.298. The maximum atomic E-state index is 13.9. The fourth-order valence-corrected chi connectivity index (χ4v) is 2.60. The first-order valence-electron chi connectivity index (χ1n) is 7.97. The Bertz CT molecular complexity index is 433. The molecule has 1 aromatic carbocycles. The van der Waals surface area contributed by atoms with Gasteiger partial charge in [-0.3, -0.25) is 0 Å². The standard InChI is InChI=1S/C17H26FNO2/c1-2-14(19)11-13-7-8-17(16(18)12-13)21-10-4-6-15-5-3-9-20-15/h7-8,12,14-15H,2-6,9-11,19H2,1H3. The molecular formula is C17H26FNO2. The quantitative estimate of drug-likeness (QED) is 0.747. The average molecular weight is 295 g/mol. The number of rotatable bonds is 8. The second-order valence-electron chi connectivity index (χ2n) is 5.76. The Labute approximate surface area is 126 Å². The second-order valence-corrected chi connectivity index (χ2v) is 5.76. The van der Waals surface area contributed by atoms with Gasteiger partial charge in [-0.15, -0.1) is 0 Å². The first kappa shape index (κ1) is 16.2. The lowest BCUT2D eigenvalue weighted by Crippen LogP contribution is -2.21. The molecule has 1 aliphatic rings. The number of nitrogens with two attached hydrogens (primary N) is 1. The van der Waals surface area contributed by atoms with Crippen molar-refractivity contribution in [1.29, 1.82) is 0 Å². The predicted molar refractivity (Wildman–Crippen MR) is 82.1 cm³/mol. The van der Waals surface area contributed by atoms with Gasteiger partial charge in [0.2, 0.25) is 0 Å². The van der Waals surface area contributed by atoms with Gasteiger partial charge in [-0.1, -0.05) is 13.0 Å². The number of benzene rings is 1. The largest absolute Gasteiger partial charge is 0.491 e. The summed E-state index contributed by atoms with van der Waals surface area (Å²) in [5, 5.41) is 0. The number of hydrogen-bond acceptors (Lipinski definition) is 3. The lowest BCUT2D eigenvalue weighted by atomic mass is 10.0. The molecule has 2 atom stereocenters. The van der Waals surface area contributed by atoms with Crippen LogP contribution in [-0.4, -0.2) is 25.4 Å². The van der Waals surface area contributed by atoms with Crippen molar-refractivity contribution in [3.8, 4) is 5.75 Å². The summed E-state index contributed by atoms with van der Waals surface area (Å²) < 4.78 is 25.0. The Balaban J connectivity index is 1.75. The molecule has 21 heavy (non-hydrogen) atoms. The zero-order chi connectivity index (χ0) is 15.1. The number of hydrogen-bond donors (Lipinski definition) is 1. The summed E-state index contributed by atoms with van der Waals surface area (Å²) in [6, 6.07) is 5.22. The van der Waals surface area contributed by atoms with E-state index in [0.717, 1.165) is 44.3 Å². The van der Waals surface area contributed by atoms with E-state index in [1.807, 2.05) is 13.0 Å². The van der Waals surface area contributed by atoms with Gasteiger partial charge in [-0.2, -0.15) is 0 Å². The van der Waals surface area contributed by atoms with Crippen LogP contribution in [0.3, 0.4) is 0 Å². The minimum Gasteiger partial charge on any atom is -0.491 e. The van der Waals surface area contributed by atoms with Gasteiger partial charge in [-0.05, 0) is 56.2 Å². The predicted octanol–water partition coefficient (Wildman–Crippen LogP) is 3.44. The molecule has 2 unspecified atom stereocenters. The van der Waals surface area contributed by atoms with E-state index in [0.29, 0.717) is 24.9 Å². The minimum absolute atomic E-state index is 0.0857. The van der Waals surface area contributed by atoms with Crippen molar-refractivity contribution in [3.05, 3.63) is 29.6 Å². The zero-order valence-corrected chi connectivity index (χ0v) is 12.8. The molecule has 4 heteroatoms. The first-order chi connectivity index (χ1) is 10.2. The molecule has 1 saturated heterocycles. The smallest absolute Gasteiger partial charge is 0.165 e.